The average molecular weight is 360 g/mol. The molecule has 0 bridgehead atoms. The van der Waals surface area contributed by atoms with E-state index in [0.717, 1.165) is 18.4 Å². The number of hydrogen-bond acceptors (Lipinski definition) is 5. The molecule has 0 aliphatic carbocycles. The molecule has 2 amide bonds. The van der Waals surface area contributed by atoms with E-state index in [1.807, 2.05) is 31.2 Å². The summed E-state index contributed by atoms with van der Waals surface area (Å²) in [4.78, 5) is 24.7. The topological polar surface area (TPSA) is 85.9 Å². The molecule has 1 aromatic carbocycles. The van der Waals surface area contributed by atoms with Gasteiger partial charge in [0.05, 0.1) is 24.3 Å². The number of amides is 2. The van der Waals surface area contributed by atoms with Crippen LogP contribution in [0.1, 0.15) is 38.3 Å². The fourth-order valence-corrected chi connectivity index (χ4v) is 3.19. The lowest BCUT2D eigenvalue weighted by atomic mass is 9.95. The second kappa shape index (κ2) is 8.23. The third-order valence-corrected chi connectivity index (χ3v) is 4.42. The number of carbonyl (C=O) groups excluding carboxylic acids is 2. The van der Waals surface area contributed by atoms with Gasteiger partial charge in [-0.05, 0) is 44.4 Å². The predicted octanol–water partition coefficient (Wildman–Crippen LogP) is 2.44. The van der Waals surface area contributed by atoms with Crippen LogP contribution in [0.3, 0.4) is 0 Å². The maximum Gasteiger partial charge on any atom is 0.338 e. The zero-order valence-electron chi connectivity index (χ0n) is 15.0. The Hall–Kier alpha value is -2.54. The van der Waals surface area contributed by atoms with Crippen molar-refractivity contribution < 1.29 is 23.8 Å². The number of ether oxygens (including phenoxy) is 3. The fourth-order valence-electron chi connectivity index (χ4n) is 3.19. The Bertz CT molecular complexity index is 710. The standard InChI is InChI=1S/C19H24N2O5/c1-3-24-14-7-4-6-13(10-14)17-16(12(2)20-19(23)21-17)18(22)26-11-15-8-5-9-25-15/h4,6-7,10,15,17H,3,5,8-9,11H2,1-2H3,(H2,20,21,23)/t15-,17-/m1/s1. The van der Waals surface area contributed by atoms with E-state index in [2.05, 4.69) is 10.6 Å². The van der Waals surface area contributed by atoms with Crippen LogP contribution in [0, 0.1) is 0 Å². The molecule has 0 unspecified atom stereocenters. The first-order valence-corrected chi connectivity index (χ1v) is 8.88. The maximum absolute atomic E-state index is 12.7. The van der Waals surface area contributed by atoms with Crippen LogP contribution >= 0.6 is 0 Å². The lowest BCUT2D eigenvalue weighted by Crippen LogP contribution is -2.45. The second-order valence-electron chi connectivity index (χ2n) is 6.31. The molecule has 3 rings (SSSR count). The predicted molar refractivity (Wildman–Crippen MR) is 94.7 cm³/mol. The molecule has 2 aliphatic heterocycles. The summed E-state index contributed by atoms with van der Waals surface area (Å²) < 4.78 is 16.5. The summed E-state index contributed by atoms with van der Waals surface area (Å²) in [5.74, 6) is 0.222. The van der Waals surface area contributed by atoms with Crippen LogP contribution in [0.2, 0.25) is 0 Å². The normalized spacial score (nSPS) is 22.6. The highest BCUT2D eigenvalue weighted by molar-refractivity contribution is 5.95. The number of esters is 1. The summed E-state index contributed by atoms with van der Waals surface area (Å²) in [6.07, 6.45) is 1.82. The van der Waals surface area contributed by atoms with E-state index < -0.39 is 12.0 Å². The number of nitrogens with one attached hydrogen (secondary N) is 2. The maximum atomic E-state index is 12.7. The zero-order chi connectivity index (χ0) is 18.5. The zero-order valence-corrected chi connectivity index (χ0v) is 15.0. The largest absolute Gasteiger partial charge is 0.494 e. The van der Waals surface area contributed by atoms with Gasteiger partial charge >= 0.3 is 12.0 Å². The summed E-state index contributed by atoms with van der Waals surface area (Å²) in [7, 11) is 0. The summed E-state index contributed by atoms with van der Waals surface area (Å²) in [5.41, 5.74) is 1.63. The Labute approximate surface area is 152 Å². The molecule has 7 nitrogen and oxygen atoms in total. The van der Waals surface area contributed by atoms with Crippen molar-refractivity contribution in [3.8, 4) is 5.75 Å². The molecule has 0 spiro atoms. The van der Waals surface area contributed by atoms with Gasteiger partial charge in [-0.2, -0.15) is 0 Å². The molecule has 1 saturated heterocycles. The molecule has 2 N–H and O–H groups in total. The summed E-state index contributed by atoms with van der Waals surface area (Å²) in [6, 6.07) is 6.38. The minimum absolute atomic E-state index is 0.0503. The van der Waals surface area contributed by atoms with Crippen LogP contribution in [-0.4, -0.2) is 37.9 Å². The van der Waals surface area contributed by atoms with Gasteiger partial charge in [-0.25, -0.2) is 9.59 Å². The van der Waals surface area contributed by atoms with Gasteiger partial charge in [0.1, 0.15) is 12.4 Å². The van der Waals surface area contributed by atoms with E-state index in [9.17, 15) is 9.59 Å². The molecule has 7 heteroatoms. The van der Waals surface area contributed by atoms with Crippen molar-refractivity contribution >= 4 is 12.0 Å². The van der Waals surface area contributed by atoms with E-state index in [0.29, 0.717) is 30.2 Å². The SMILES string of the molecule is CCOc1cccc([C@H]2NC(=O)NC(C)=C2C(=O)OC[C@H]2CCCO2)c1. The molecular formula is C19H24N2O5. The number of hydrogen-bond donors (Lipinski definition) is 2. The van der Waals surface area contributed by atoms with Crippen molar-refractivity contribution in [2.45, 2.75) is 38.8 Å². The Morgan fingerprint density at radius 1 is 1.38 bits per heavy atom. The number of urea groups is 1. The summed E-state index contributed by atoms with van der Waals surface area (Å²) >= 11 is 0. The van der Waals surface area contributed by atoms with Gasteiger partial charge in [0, 0.05) is 12.3 Å². The number of allylic oxidation sites excluding steroid dienone is 1. The van der Waals surface area contributed by atoms with Crippen LogP contribution in [0.4, 0.5) is 4.79 Å². The summed E-state index contributed by atoms with van der Waals surface area (Å²) in [6.45, 7) is 5.05. The molecule has 2 atom stereocenters. The van der Waals surface area contributed by atoms with Gasteiger partial charge in [0.2, 0.25) is 0 Å². The third-order valence-electron chi connectivity index (χ3n) is 4.42. The minimum Gasteiger partial charge on any atom is -0.494 e. The van der Waals surface area contributed by atoms with Gasteiger partial charge in [-0.15, -0.1) is 0 Å². The molecule has 140 valence electrons. The first-order chi connectivity index (χ1) is 12.6. The number of carbonyl (C=O) groups is 2. The smallest absolute Gasteiger partial charge is 0.338 e. The lowest BCUT2D eigenvalue weighted by Gasteiger charge is -2.28. The molecule has 0 saturated carbocycles. The van der Waals surface area contributed by atoms with Crippen molar-refractivity contribution in [1.29, 1.82) is 0 Å². The third kappa shape index (κ3) is 4.16. The van der Waals surface area contributed by atoms with E-state index in [4.69, 9.17) is 14.2 Å². The summed E-state index contributed by atoms with van der Waals surface area (Å²) in [5, 5.41) is 5.44. The molecule has 26 heavy (non-hydrogen) atoms. The fraction of sp³-hybridized carbons (Fsp3) is 0.474. The molecule has 2 heterocycles. The van der Waals surface area contributed by atoms with Gasteiger partial charge in [0.15, 0.2) is 0 Å². The lowest BCUT2D eigenvalue weighted by molar-refractivity contribution is -0.142. The second-order valence-corrected chi connectivity index (χ2v) is 6.31. The molecule has 1 fully saturated rings. The first kappa shape index (κ1) is 18.3. The molecular weight excluding hydrogens is 336 g/mol. The molecule has 1 aromatic rings. The van der Waals surface area contributed by atoms with Crippen LogP contribution in [0.25, 0.3) is 0 Å². The highest BCUT2D eigenvalue weighted by Crippen LogP contribution is 2.30. The average Bonchev–Trinajstić information content (AvgIpc) is 3.13. The highest BCUT2D eigenvalue weighted by Gasteiger charge is 2.33. The van der Waals surface area contributed by atoms with Crippen LogP contribution in [0.15, 0.2) is 35.5 Å². The van der Waals surface area contributed by atoms with Crippen LogP contribution < -0.4 is 15.4 Å². The van der Waals surface area contributed by atoms with Crippen LogP contribution in [0.5, 0.6) is 5.75 Å². The van der Waals surface area contributed by atoms with E-state index >= 15 is 0 Å². The molecule has 0 aromatic heterocycles. The highest BCUT2D eigenvalue weighted by atomic mass is 16.6. The Balaban J connectivity index is 1.81. The van der Waals surface area contributed by atoms with Crippen molar-refractivity contribution in [3.63, 3.8) is 0 Å². The monoisotopic (exact) mass is 360 g/mol. The Morgan fingerprint density at radius 3 is 2.96 bits per heavy atom. The Kier molecular flexibility index (Phi) is 5.78. The van der Waals surface area contributed by atoms with Gasteiger partial charge in [0.25, 0.3) is 0 Å². The van der Waals surface area contributed by atoms with Crippen molar-refractivity contribution in [3.05, 3.63) is 41.1 Å². The first-order valence-electron chi connectivity index (χ1n) is 8.88. The van der Waals surface area contributed by atoms with Crippen molar-refractivity contribution in [1.82, 2.24) is 10.6 Å². The van der Waals surface area contributed by atoms with E-state index in [1.165, 1.54) is 0 Å². The number of rotatable bonds is 6. The minimum atomic E-state index is -0.596. The molecule has 0 radical (unpaired) electrons. The van der Waals surface area contributed by atoms with Gasteiger partial charge in [-0.3, -0.25) is 0 Å². The van der Waals surface area contributed by atoms with E-state index in [-0.39, 0.29) is 18.7 Å². The Morgan fingerprint density at radius 2 is 2.23 bits per heavy atom. The van der Waals surface area contributed by atoms with Gasteiger partial charge < -0.3 is 24.8 Å². The van der Waals surface area contributed by atoms with E-state index in [1.54, 1.807) is 6.92 Å². The number of benzene rings is 1. The molecule has 2 aliphatic rings. The van der Waals surface area contributed by atoms with Crippen LogP contribution in [-0.2, 0) is 14.3 Å². The van der Waals surface area contributed by atoms with Crippen molar-refractivity contribution in [2.24, 2.45) is 0 Å². The van der Waals surface area contributed by atoms with Crippen molar-refractivity contribution in [2.75, 3.05) is 19.8 Å². The quantitative estimate of drug-likeness (QED) is 0.761. The van der Waals surface area contributed by atoms with Gasteiger partial charge in [-0.1, -0.05) is 12.1 Å².